The quantitative estimate of drug-likeness (QED) is 0.0202. The van der Waals surface area contributed by atoms with Gasteiger partial charge in [0.2, 0.25) is 0 Å². The summed E-state index contributed by atoms with van der Waals surface area (Å²) in [6.45, 7) is -4.17. The van der Waals surface area contributed by atoms with Gasteiger partial charge in [-0.2, -0.15) is 17.2 Å². The van der Waals surface area contributed by atoms with E-state index in [1.54, 1.807) is 72.8 Å². The molecular formula is C68H83Cl3F2N8O48P8. The fourth-order valence-corrected chi connectivity index (χ4v) is 20.1. The van der Waals surface area contributed by atoms with Gasteiger partial charge >= 0.3 is 85.3 Å². The Morgan fingerprint density at radius 2 is 0.606 bits per heavy atom. The molecule has 4 aromatic heterocycles. The fraction of sp³-hybridized carbons (Fsp3) is 0.412. The van der Waals surface area contributed by atoms with Gasteiger partial charge in [0, 0.05) is 96.4 Å². The van der Waals surface area contributed by atoms with E-state index in [4.69, 9.17) is 92.9 Å². The zero-order valence-corrected chi connectivity index (χ0v) is 78.3. The Morgan fingerprint density at radius 1 is 0.314 bits per heavy atom. The van der Waals surface area contributed by atoms with Crippen molar-refractivity contribution in [2.45, 2.75) is 150 Å². The van der Waals surface area contributed by atoms with Gasteiger partial charge in [-0.3, -0.25) is 73.8 Å². The van der Waals surface area contributed by atoms with Crippen molar-refractivity contribution in [1.82, 2.24) is 36.5 Å². The van der Waals surface area contributed by atoms with E-state index in [1.165, 1.54) is 0 Å². The lowest BCUT2D eigenvalue weighted by atomic mass is 10.1. The number of halogens is 5. The van der Waals surface area contributed by atoms with Crippen molar-refractivity contribution in [3.63, 3.8) is 0 Å². The summed E-state index contributed by atoms with van der Waals surface area (Å²) < 4.78 is 176. The van der Waals surface area contributed by atoms with Crippen LogP contribution in [-0.4, -0.2) is 236 Å². The molecule has 8 heterocycles. The molecule has 8 aromatic rings. The summed E-state index contributed by atoms with van der Waals surface area (Å²) in [5.41, 5.74) is -3.93. The molecule has 0 aliphatic carbocycles. The van der Waals surface area contributed by atoms with Gasteiger partial charge in [-0.25, -0.2) is 64.5 Å². The maximum absolute atomic E-state index is 13.9. The molecule has 0 spiro atoms. The molecular weight excluding hydrogens is 2090 g/mol. The van der Waals surface area contributed by atoms with Crippen molar-refractivity contribution in [1.29, 1.82) is 0 Å². The Morgan fingerprint density at radius 3 is 0.898 bits per heavy atom. The van der Waals surface area contributed by atoms with Crippen LogP contribution in [0.15, 0.2) is 178 Å². The number of aryl methyl sites for hydroxylation is 4. The zero-order chi connectivity index (χ0) is 102. The first-order valence-electron chi connectivity index (χ1n) is 38.5. The molecule has 4 aliphatic heterocycles. The Hall–Kier alpha value is -7.11. The number of phosphoric acid groups is 8. The van der Waals surface area contributed by atoms with E-state index in [0.717, 1.165) is 104 Å². The van der Waals surface area contributed by atoms with Crippen molar-refractivity contribution in [3.8, 4) is 0 Å². The van der Waals surface area contributed by atoms with Crippen LogP contribution in [0.2, 0.25) is 15.1 Å². The van der Waals surface area contributed by atoms with E-state index in [-0.39, 0.29) is 51.0 Å². The van der Waals surface area contributed by atoms with Crippen LogP contribution in [0.1, 0.15) is 47.2 Å². The van der Waals surface area contributed by atoms with Gasteiger partial charge in [0.05, 0.1) is 26.4 Å². The molecule has 0 radical (unpaired) electrons. The van der Waals surface area contributed by atoms with Gasteiger partial charge in [-0.1, -0.05) is 83.3 Å². The van der Waals surface area contributed by atoms with Gasteiger partial charge in [0.15, 0.2) is 24.9 Å². The molecule has 8 unspecified atom stereocenters. The van der Waals surface area contributed by atoms with Gasteiger partial charge in [-0.15, -0.1) is 0 Å². The Kier molecular flexibility index (Phi) is 39.3. The lowest BCUT2D eigenvalue weighted by molar-refractivity contribution is -0.0548. The molecule has 0 amide bonds. The van der Waals surface area contributed by atoms with Crippen LogP contribution in [0.3, 0.4) is 0 Å². The van der Waals surface area contributed by atoms with Gasteiger partial charge in [-0.05, 0) is 84.3 Å². The summed E-state index contributed by atoms with van der Waals surface area (Å²) in [5.74, 6) is -1.68. The molecule has 20 atom stereocenters. The van der Waals surface area contributed by atoms with Gasteiger partial charge < -0.3 is 119 Å². The van der Waals surface area contributed by atoms with Crippen LogP contribution >= 0.6 is 97.4 Å². The topological polar surface area (TPSA) is 828 Å². The number of benzene rings is 4. The maximum atomic E-state index is 13.9. The second kappa shape index (κ2) is 47.4. The van der Waals surface area contributed by atoms with Crippen LogP contribution in [0.4, 0.5) is 8.78 Å². The summed E-state index contributed by atoms with van der Waals surface area (Å²) in [6.07, 6.45) is -21.3. The number of aliphatic hydroxyl groups excluding tert-OH is 8. The number of aromatic nitrogens is 8. The molecule has 4 saturated heterocycles. The number of hydrogen-bond acceptors (Lipinski definition) is 36. The highest BCUT2D eigenvalue weighted by molar-refractivity contribution is 7.62. The van der Waals surface area contributed by atoms with Crippen molar-refractivity contribution in [3.05, 3.63) is 272 Å². The molecule has 4 aromatic carbocycles. The minimum absolute atomic E-state index is 0.00848. The van der Waals surface area contributed by atoms with Crippen molar-refractivity contribution < 1.29 is 199 Å². The first kappa shape index (κ1) is 113. The second-order valence-corrected chi connectivity index (χ2v) is 41.7. The highest BCUT2D eigenvalue weighted by Crippen LogP contribution is 2.61. The molecule has 758 valence electrons. The minimum atomic E-state index is -5.40. The first-order valence-corrected chi connectivity index (χ1v) is 51.7. The van der Waals surface area contributed by atoms with E-state index >= 15 is 0 Å². The summed E-state index contributed by atoms with van der Waals surface area (Å²) in [5, 5.41) is 83.5. The SMILES string of the molecule is O=c1ccn([C@@H]2O[C@H](COP(=O)(O)OP(=O)(O)O)C(O)[C@@H]2O)c(=O)n1CCc1ccc(Cl)cc1.O=c1ccn([C@@H]2O[C@H](COP(=O)(O)OP(=O)(O)O)C(O)[C@@H]2O)c(=O)n1CCc1ccc(F)cc1F.O=c1ccn([C@@H]2O[C@H](COP(=O)(O)OP(=O)(O)O)C(O)[C@@H]2O)c(=O)n1CCc1cccc(Cl)c1.O=c1ccn([C@@H]2O[C@H](COP(=O)(O)OP(=O)(O)O)C(O)[C@@H]2O)c(=O)n1CCc1ccccc1Cl. The molecule has 0 saturated carbocycles. The Labute approximate surface area is 778 Å². The van der Waals surface area contributed by atoms with Crippen molar-refractivity contribution in [2.24, 2.45) is 0 Å². The van der Waals surface area contributed by atoms with Crippen LogP contribution in [0.25, 0.3) is 0 Å². The number of hydrogen-bond donors (Lipinski definition) is 20. The van der Waals surface area contributed by atoms with E-state index in [9.17, 15) is 144 Å². The first-order chi connectivity index (χ1) is 63.5. The normalized spacial score (nSPS) is 24.7. The van der Waals surface area contributed by atoms with E-state index in [1.807, 2.05) is 0 Å². The number of aliphatic hydroxyl groups is 8. The van der Waals surface area contributed by atoms with Gasteiger partial charge in [0.1, 0.15) is 84.9 Å². The maximum Gasteiger partial charge on any atom is 0.481 e. The average Bonchev–Trinajstić information content (AvgIpc) is 1.67. The number of phosphoric ester groups is 4. The number of rotatable bonds is 36. The highest BCUT2D eigenvalue weighted by atomic mass is 35.5. The molecule has 4 fully saturated rings. The molecule has 137 heavy (non-hydrogen) atoms. The molecule has 0 bridgehead atoms. The third-order valence-corrected chi connectivity index (χ3v) is 29.0. The summed E-state index contributed by atoms with van der Waals surface area (Å²) in [4.78, 5) is 207. The van der Waals surface area contributed by atoms with Crippen LogP contribution in [0, 0.1) is 11.6 Å². The standard InChI is InChI=1S/3C17H21ClN2O12P2.C17H20F2N2O12P2/c18-11-3-1-10(2-4-11)5-7-19-13(21)6-8-20(17(19)24)16-15(23)14(22)12(31-16)9-30-34(28,29)32-33(25,26)27;18-11-3-1-2-10(8-11)4-6-19-13(21)5-7-20(17(19)24)16-15(23)14(22)12(31-16)9-30-34(28,29)32-33(25,26)27;18-11-4-2-1-3-10(11)5-7-19-13(21)6-8-20(17(19)24)16-15(23)14(22)12(31-16)9-30-34(28,29)32-33(25,26)27;18-10-2-1-9(11(19)7-10)3-5-20-13(22)4-6-21(17(20)25)16-15(24)14(23)12(32-16)8-31-35(29,30)33-34(26,27)28/h1-4,6,8,12,14-16,22-23H,5,7,9H2,(H,28,29)(H2,25,26,27);1-3,5,7-8,12,14-16,22-23H,4,6,9H2,(H,28,29)(H2,25,26,27);1-4,6,8,12,14-16,22-23H,5,7,9H2,(H,28,29)(H2,25,26,27);1-2,4,6-7,12,14-16,23-24H,3,5,8H2,(H,29,30)(H2,26,27,28)/t4*12-,14?,15+,16-/m1111/s1. The third-order valence-electron chi connectivity index (χ3n) is 19.5. The summed E-state index contributed by atoms with van der Waals surface area (Å²) in [6, 6.07) is 27.4. The summed E-state index contributed by atoms with van der Waals surface area (Å²) in [7, 11) is -42.4. The minimum Gasteiger partial charge on any atom is -0.387 e. The zero-order valence-electron chi connectivity index (χ0n) is 68.9. The van der Waals surface area contributed by atoms with E-state index < -0.39 is 244 Å². The average molecular weight is 2170 g/mol. The van der Waals surface area contributed by atoms with E-state index in [2.05, 4.69) is 35.3 Å². The number of nitrogens with zero attached hydrogens (tertiary/aromatic N) is 8. The van der Waals surface area contributed by atoms with Crippen LogP contribution in [0.5, 0.6) is 0 Å². The fourth-order valence-electron chi connectivity index (χ4n) is 13.1. The third kappa shape index (κ3) is 32.4. The van der Waals surface area contributed by atoms with Crippen molar-refractivity contribution >= 4 is 97.4 Å². The lowest BCUT2D eigenvalue weighted by Gasteiger charge is -2.19. The largest absolute Gasteiger partial charge is 0.481 e. The van der Waals surface area contributed by atoms with Gasteiger partial charge in [0.25, 0.3) is 22.2 Å². The smallest absolute Gasteiger partial charge is 0.387 e. The van der Waals surface area contributed by atoms with E-state index in [0.29, 0.717) is 37.7 Å². The highest BCUT2D eigenvalue weighted by Gasteiger charge is 2.51. The van der Waals surface area contributed by atoms with Crippen LogP contribution in [-0.2, 0) is 143 Å². The van der Waals surface area contributed by atoms with Crippen LogP contribution < -0.4 is 45.0 Å². The Bertz CT molecular complexity index is 6550. The lowest BCUT2D eigenvalue weighted by Crippen LogP contribution is -2.43. The molecule has 4 aliphatic rings. The Balaban J connectivity index is 0.000000205. The second-order valence-electron chi connectivity index (χ2n) is 29.1. The molecule has 69 heteroatoms. The monoisotopic (exact) mass is 2170 g/mol. The number of ether oxygens (including phenoxy) is 4. The molecule has 12 rings (SSSR count). The predicted octanol–water partition coefficient (Wildman–Crippen LogP) is -1.37. The predicted molar refractivity (Wildman–Crippen MR) is 455 cm³/mol. The molecule has 56 nitrogen and oxygen atoms in total. The molecule has 20 N–H and O–H groups in total. The van der Waals surface area contributed by atoms with Crippen molar-refractivity contribution in [2.75, 3.05) is 26.4 Å². The summed E-state index contributed by atoms with van der Waals surface area (Å²) >= 11 is 17.9.